The molecule has 1 amide bonds. The number of nitrogens with two attached hydrogens (primary N) is 1. The summed E-state index contributed by atoms with van der Waals surface area (Å²) in [6, 6.07) is 7.11. The number of anilines is 2. The Bertz CT molecular complexity index is 755. The van der Waals surface area contributed by atoms with E-state index < -0.39 is 0 Å². The lowest BCUT2D eigenvalue weighted by Crippen LogP contribution is -2.13. The minimum Gasteiger partial charge on any atom is -0.411 e. The summed E-state index contributed by atoms with van der Waals surface area (Å²) in [5, 5.41) is 13.2. The highest BCUT2D eigenvalue weighted by molar-refractivity contribution is 7.99. The zero-order valence-electron chi connectivity index (χ0n) is 11.2. The van der Waals surface area contributed by atoms with E-state index in [1.165, 1.54) is 23.1 Å². The van der Waals surface area contributed by atoms with Crippen molar-refractivity contribution in [2.45, 2.75) is 5.22 Å². The average molecular weight is 333 g/mol. The normalized spacial score (nSPS) is 10.5. The van der Waals surface area contributed by atoms with Crippen LogP contribution in [0, 0.1) is 0 Å². The molecule has 0 saturated heterocycles. The third-order valence-electron chi connectivity index (χ3n) is 2.57. The van der Waals surface area contributed by atoms with Crippen molar-refractivity contribution in [1.29, 1.82) is 0 Å². The molecule has 0 aliphatic heterocycles. The second-order valence-corrected chi connectivity index (χ2v) is 5.99. The molecule has 0 aliphatic carbocycles. The number of thiazole rings is 1. The number of hydrogen-bond donors (Lipinski definition) is 2. The minimum atomic E-state index is -0.174. The molecule has 0 spiro atoms. The Hall–Kier alpha value is -2.39. The van der Waals surface area contributed by atoms with Crippen LogP contribution in [0.25, 0.3) is 11.5 Å². The highest BCUT2D eigenvalue weighted by atomic mass is 32.2. The summed E-state index contributed by atoms with van der Waals surface area (Å²) in [5.41, 5.74) is 7.07. The topological polar surface area (TPSA) is 107 Å². The Morgan fingerprint density at radius 2 is 2.14 bits per heavy atom. The van der Waals surface area contributed by atoms with Gasteiger partial charge in [0.05, 0.1) is 5.75 Å². The van der Waals surface area contributed by atoms with Crippen LogP contribution in [0.5, 0.6) is 0 Å². The third-order valence-corrected chi connectivity index (χ3v) is 4.08. The van der Waals surface area contributed by atoms with E-state index in [4.69, 9.17) is 10.2 Å². The molecule has 3 aromatic rings. The highest BCUT2D eigenvalue weighted by Gasteiger charge is 2.11. The van der Waals surface area contributed by atoms with Crippen molar-refractivity contribution in [2.75, 3.05) is 16.8 Å². The Kier molecular flexibility index (Phi) is 4.35. The second-order valence-electron chi connectivity index (χ2n) is 4.17. The van der Waals surface area contributed by atoms with Gasteiger partial charge in [0.15, 0.2) is 5.13 Å². The highest BCUT2D eigenvalue weighted by Crippen LogP contribution is 2.24. The molecule has 2 aromatic heterocycles. The second kappa shape index (κ2) is 6.58. The maximum absolute atomic E-state index is 11.7. The number of hydrogen-bond acceptors (Lipinski definition) is 8. The summed E-state index contributed by atoms with van der Waals surface area (Å²) in [5.74, 6) is 0.387. The van der Waals surface area contributed by atoms with Crippen LogP contribution in [-0.2, 0) is 4.79 Å². The number of amides is 1. The number of carbonyl (C=O) groups is 1. The zero-order valence-corrected chi connectivity index (χ0v) is 12.9. The zero-order chi connectivity index (χ0) is 15.4. The average Bonchev–Trinajstić information content (AvgIpc) is 3.17. The smallest absolute Gasteiger partial charge is 0.277 e. The molecule has 7 nitrogen and oxygen atoms in total. The standard InChI is InChI=1S/C13H11N5O2S2/c14-9-3-1-8(2-4-9)11-17-18-13(20-11)22-7-10(19)16-12-15-5-6-21-12/h1-6H,7,14H2,(H,15,16,19). The van der Waals surface area contributed by atoms with E-state index in [1.54, 1.807) is 35.8 Å². The van der Waals surface area contributed by atoms with Gasteiger partial charge in [-0.3, -0.25) is 4.79 Å². The Balaban J connectivity index is 1.57. The molecule has 0 unspecified atom stereocenters. The lowest BCUT2D eigenvalue weighted by atomic mass is 10.2. The largest absolute Gasteiger partial charge is 0.411 e. The Labute approximate surface area is 134 Å². The van der Waals surface area contributed by atoms with Gasteiger partial charge < -0.3 is 15.5 Å². The lowest BCUT2D eigenvalue weighted by molar-refractivity contribution is -0.113. The first-order valence-corrected chi connectivity index (χ1v) is 8.09. The number of nitrogens with zero attached hydrogens (tertiary/aromatic N) is 3. The van der Waals surface area contributed by atoms with Crippen LogP contribution in [-0.4, -0.2) is 26.8 Å². The molecule has 9 heteroatoms. The third kappa shape index (κ3) is 3.62. The predicted molar refractivity (Wildman–Crippen MR) is 85.6 cm³/mol. The van der Waals surface area contributed by atoms with Crippen molar-refractivity contribution in [2.24, 2.45) is 0 Å². The number of aromatic nitrogens is 3. The van der Waals surface area contributed by atoms with Crippen LogP contribution in [0.1, 0.15) is 0 Å². The number of benzene rings is 1. The Morgan fingerprint density at radius 1 is 1.32 bits per heavy atom. The number of nitrogen functional groups attached to an aromatic ring is 1. The number of carbonyl (C=O) groups excluding carboxylic acids is 1. The van der Waals surface area contributed by atoms with Crippen LogP contribution in [0.2, 0.25) is 0 Å². The molecule has 0 fully saturated rings. The molecule has 1 aromatic carbocycles. The van der Waals surface area contributed by atoms with Crippen LogP contribution >= 0.6 is 23.1 Å². The van der Waals surface area contributed by atoms with Gasteiger partial charge in [-0.15, -0.1) is 21.5 Å². The quantitative estimate of drug-likeness (QED) is 0.545. The van der Waals surface area contributed by atoms with Crippen molar-refractivity contribution in [3.8, 4) is 11.5 Å². The van der Waals surface area contributed by atoms with E-state index in [0.29, 0.717) is 21.9 Å². The summed E-state index contributed by atoms with van der Waals surface area (Å²) >= 11 is 2.53. The SMILES string of the molecule is Nc1ccc(-c2nnc(SCC(=O)Nc3nccs3)o2)cc1. The Morgan fingerprint density at radius 3 is 2.86 bits per heavy atom. The first-order valence-electron chi connectivity index (χ1n) is 6.22. The molecule has 0 bridgehead atoms. The van der Waals surface area contributed by atoms with Gasteiger partial charge in [0.25, 0.3) is 5.22 Å². The molecule has 0 atom stereocenters. The minimum absolute atomic E-state index is 0.170. The van der Waals surface area contributed by atoms with E-state index in [9.17, 15) is 4.79 Å². The molecule has 0 radical (unpaired) electrons. The molecule has 0 saturated carbocycles. The van der Waals surface area contributed by atoms with Crippen molar-refractivity contribution in [1.82, 2.24) is 15.2 Å². The van der Waals surface area contributed by atoms with Crippen LogP contribution < -0.4 is 11.1 Å². The van der Waals surface area contributed by atoms with Crippen LogP contribution in [0.4, 0.5) is 10.8 Å². The maximum Gasteiger partial charge on any atom is 0.277 e. The fourth-order valence-corrected chi connectivity index (χ4v) is 2.69. The van der Waals surface area contributed by atoms with Crippen molar-refractivity contribution >= 4 is 39.8 Å². The van der Waals surface area contributed by atoms with E-state index in [2.05, 4.69) is 20.5 Å². The first kappa shape index (κ1) is 14.5. The predicted octanol–water partition coefficient (Wildman–Crippen LogP) is 2.51. The molecule has 2 heterocycles. The molecular weight excluding hydrogens is 322 g/mol. The molecule has 112 valence electrons. The molecular formula is C13H11N5O2S2. The van der Waals surface area contributed by atoms with Crippen molar-refractivity contribution < 1.29 is 9.21 Å². The summed E-state index contributed by atoms with van der Waals surface area (Å²) in [6.45, 7) is 0. The van der Waals surface area contributed by atoms with E-state index in [0.717, 1.165) is 5.56 Å². The van der Waals surface area contributed by atoms with Gasteiger partial charge in [-0.2, -0.15) is 0 Å². The van der Waals surface area contributed by atoms with E-state index in [-0.39, 0.29) is 11.7 Å². The van der Waals surface area contributed by atoms with E-state index in [1.807, 2.05) is 0 Å². The van der Waals surface area contributed by atoms with Gasteiger partial charge in [0, 0.05) is 22.8 Å². The molecule has 22 heavy (non-hydrogen) atoms. The molecule has 3 N–H and O–H groups in total. The summed E-state index contributed by atoms with van der Waals surface area (Å²) < 4.78 is 5.50. The van der Waals surface area contributed by atoms with Crippen LogP contribution in [0.3, 0.4) is 0 Å². The number of nitrogens with one attached hydrogen (secondary N) is 1. The van der Waals surface area contributed by atoms with Gasteiger partial charge in [-0.25, -0.2) is 4.98 Å². The molecule has 3 rings (SSSR count). The molecule has 0 aliphatic rings. The fourth-order valence-electron chi connectivity index (χ4n) is 1.58. The monoisotopic (exact) mass is 333 g/mol. The summed E-state index contributed by atoms with van der Waals surface area (Å²) in [7, 11) is 0. The van der Waals surface area contributed by atoms with Crippen LogP contribution in [0.15, 0.2) is 45.5 Å². The van der Waals surface area contributed by atoms with Gasteiger partial charge >= 0.3 is 0 Å². The lowest BCUT2D eigenvalue weighted by Gasteiger charge is -1.98. The van der Waals surface area contributed by atoms with E-state index >= 15 is 0 Å². The van der Waals surface area contributed by atoms with Gasteiger partial charge in [-0.1, -0.05) is 11.8 Å². The van der Waals surface area contributed by atoms with Gasteiger partial charge in [0.1, 0.15) is 0 Å². The summed E-state index contributed by atoms with van der Waals surface area (Å²) in [4.78, 5) is 15.7. The first-order chi connectivity index (χ1) is 10.7. The van der Waals surface area contributed by atoms with Crippen molar-refractivity contribution in [3.63, 3.8) is 0 Å². The summed E-state index contributed by atoms with van der Waals surface area (Å²) in [6.07, 6.45) is 1.63. The van der Waals surface area contributed by atoms with Gasteiger partial charge in [-0.05, 0) is 24.3 Å². The maximum atomic E-state index is 11.7. The van der Waals surface area contributed by atoms with Crippen molar-refractivity contribution in [3.05, 3.63) is 35.8 Å². The fraction of sp³-hybridized carbons (Fsp3) is 0.0769. The van der Waals surface area contributed by atoms with Gasteiger partial charge in [0.2, 0.25) is 11.8 Å². The number of thioether (sulfide) groups is 1. The number of rotatable bonds is 5.